The molecule has 0 radical (unpaired) electrons. The summed E-state index contributed by atoms with van der Waals surface area (Å²) >= 11 is 0. The van der Waals surface area contributed by atoms with Crippen molar-refractivity contribution in [2.24, 2.45) is 0 Å². The van der Waals surface area contributed by atoms with E-state index >= 15 is 0 Å². The van der Waals surface area contributed by atoms with Crippen LogP contribution in [0.1, 0.15) is 50.7 Å². The van der Waals surface area contributed by atoms with Crippen molar-refractivity contribution in [3.63, 3.8) is 0 Å². The second kappa shape index (κ2) is 4.70. The molecule has 0 saturated carbocycles. The lowest BCUT2D eigenvalue weighted by molar-refractivity contribution is 0.804. The van der Waals surface area contributed by atoms with Crippen molar-refractivity contribution in [1.29, 1.82) is 0 Å². The quantitative estimate of drug-likeness (QED) is 0.806. The third kappa shape index (κ3) is 2.23. The molecule has 2 aromatic rings. The largest absolute Gasteiger partial charge is 0.288 e. The molecule has 2 rings (SSSR count). The zero-order valence-corrected chi connectivity index (χ0v) is 10.9. The van der Waals surface area contributed by atoms with E-state index in [0.29, 0.717) is 11.8 Å². The van der Waals surface area contributed by atoms with Gasteiger partial charge in [0.25, 0.3) is 0 Å². The Morgan fingerprint density at radius 2 is 1.35 bits per heavy atom. The zero-order valence-electron chi connectivity index (χ0n) is 10.9. The van der Waals surface area contributed by atoms with E-state index in [1.54, 1.807) is 12.7 Å². The minimum atomic E-state index is 0.492. The summed E-state index contributed by atoms with van der Waals surface area (Å²) < 4.78 is 2.02. The fourth-order valence-electron chi connectivity index (χ4n) is 2.13. The molecular weight excluding hydrogens is 210 g/mol. The molecule has 0 fully saturated rings. The fraction of sp³-hybridized carbons (Fsp3) is 0.429. The van der Waals surface area contributed by atoms with Gasteiger partial charge in [0.15, 0.2) is 0 Å². The van der Waals surface area contributed by atoms with E-state index in [0.717, 1.165) is 0 Å². The lowest BCUT2D eigenvalue weighted by Gasteiger charge is -2.19. The van der Waals surface area contributed by atoms with Crippen LogP contribution in [0.5, 0.6) is 0 Å². The molecule has 0 saturated heterocycles. The van der Waals surface area contributed by atoms with Crippen molar-refractivity contribution in [2.45, 2.75) is 39.5 Å². The third-order valence-corrected chi connectivity index (χ3v) is 3.02. The summed E-state index contributed by atoms with van der Waals surface area (Å²) in [5, 5.41) is 7.82. The van der Waals surface area contributed by atoms with Crippen LogP contribution >= 0.6 is 0 Å². The van der Waals surface area contributed by atoms with Crippen LogP contribution in [0.25, 0.3) is 5.69 Å². The number of para-hydroxylation sites is 1. The maximum Gasteiger partial charge on any atom is 0.123 e. The molecule has 1 aromatic carbocycles. The van der Waals surface area contributed by atoms with Crippen LogP contribution in [-0.4, -0.2) is 14.8 Å². The summed E-state index contributed by atoms with van der Waals surface area (Å²) in [6, 6.07) is 6.51. The molecule has 0 aliphatic heterocycles. The predicted molar refractivity (Wildman–Crippen MR) is 69.5 cm³/mol. The van der Waals surface area contributed by atoms with Gasteiger partial charge in [-0.15, -0.1) is 10.2 Å². The molecule has 0 amide bonds. The van der Waals surface area contributed by atoms with E-state index in [4.69, 9.17) is 0 Å². The SMILES string of the molecule is CC(C)c1cccc(C(C)C)c1-n1cnnc1. The molecular formula is C14H19N3. The van der Waals surface area contributed by atoms with Crippen LogP contribution in [0.2, 0.25) is 0 Å². The summed E-state index contributed by atoms with van der Waals surface area (Å²) in [5.74, 6) is 0.984. The molecule has 0 N–H and O–H groups in total. The predicted octanol–water partition coefficient (Wildman–Crippen LogP) is 3.51. The highest BCUT2D eigenvalue weighted by atomic mass is 15.2. The molecule has 0 unspecified atom stereocenters. The van der Waals surface area contributed by atoms with Crippen LogP contribution < -0.4 is 0 Å². The zero-order chi connectivity index (χ0) is 12.4. The Morgan fingerprint density at radius 1 is 0.882 bits per heavy atom. The van der Waals surface area contributed by atoms with Gasteiger partial charge in [-0.05, 0) is 23.0 Å². The van der Waals surface area contributed by atoms with Crippen molar-refractivity contribution < 1.29 is 0 Å². The first-order valence-electron chi connectivity index (χ1n) is 6.09. The molecule has 1 aromatic heterocycles. The van der Waals surface area contributed by atoms with Gasteiger partial charge >= 0.3 is 0 Å². The average molecular weight is 229 g/mol. The van der Waals surface area contributed by atoms with Gasteiger partial charge in [0.05, 0.1) is 5.69 Å². The minimum absolute atomic E-state index is 0.492. The molecule has 0 atom stereocenters. The second-order valence-electron chi connectivity index (χ2n) is 4.96. The van der Waals surface area contributed by atoms with Crippen molar-refractivity contribution >= 4 is 0 Å². The molecule has 3 heteroatoms. The maximum absolute atomic E-state index is 3.91. The Bertz CT molecular complexity index is 458. The first kappa shape index (κ1) is 11.8. The molecule has 0 aliphatic rings. The molecule has 0 aliphatic carbocycles. The van der Waals surface area contributed by atoms with Gasteiger partial charge in [-0.25, -0.2) is 0 Å². The Hall–Kier alpha value is -1.64. The van der Waals surface area contributed by atoms with Gasteiger partial charge in [-0.3, -0.25) is 4.57 Å². The first-order valence-corrected chi connectivity index (χ1v) is 6.09. The van der Waals surface area contributed by atoms with E-state index in [2.05, 4.69) is 56.1 Å². The Balaban J connectivity index is 2.67. The number of aromatic nitrogens is 3. The lowest BCUT2D eigenvalue weighted by Crippen LogP contribution is -2.05. The highest BCUT2D eigenvalue weighted by Crippen LogP contribution is 2.30. The Kier molecular flexibility index (Phi) is 3.27. The van der Waals surface area contributed by atoms with Crippen LogP contribution in [0.15, 0.2) is 30.9 Å². The highest BCUT2D eigenvalue weighted by Gasteiger charge is 2.14. The molecule has 90 valence electrons. The smallest absolute Gasteiger partial charge is 0.123 e. The van der Waals surface area contributed by atoms with Crippen molar-refractivity contribution in [1.82, 2.24) is 14.8 Å². The average Bonchev–Trinajstić information content (AvgIpc) is 2.80. The molecule has 0 spiro atoms. The van der Waals surface area contributed by atoms with E-state index < -0.39 is 0 Å². The van der Waals surface area contributed by atoms with Gasteiger partial charge < -0.3 is 0 Å². The molecule has 1 heterocycles. The molecule has 17 heavy (non-hydrogen) atoms. The van der Waals surface area contributed by atoms with Gasteiger partial charge in [0.1, 0.15) is 12.7 Å². The van der Waals surface area contributed by atoms with Crippen molar-refractivity contribution in [3.8, 4) is 5.69 Å². The number of hydrogen-bond donors (Lipinski definition) is 0. The van der Waals surface area contributed by atoms with Crippen LogP contribution in [0, 0.1) is 0 Å². The number of nitrogens with zero attached hydrogens (tertiary/aromatic N) is 3. The summed E-state index contributed by atoms with van der Waals surface area (Å²) in [6.45, 7) is 8.86. The van der Waals surface area contributed by atoms with Gasteiger partial charge in [0.2, 0.25) is 0 Å². The van der Waals surface area contributed by atoms with Crippen LogP contribution in [-0.2, 0) is 0 Å². The molecule has 0 bridgehead atoms. The Labute approximate surface area is 103 Å². The number of hydrogen-bond acceptors (Lipinski definition) is 2. The van der Waals surface area contributed by atoms with Gasteiger partial charge in [0, 0.05) is 0 Å². The molecule has 3 nitrogen and oxygen atoms in total. The van der Waals surface area contributed by atoms with Crippen molar-refractivity contribution in [2.75, 3.05) is 0 Å². The summed E-state index contributed by atoms with van der Waals surface area (Å²) in [4.78, 5) is 0. The first-order chi connectivity index (χ1) is 8.11. The lowest BCUT2D eigenvalue weighted by atomic mass is 9.92. The van der Waals surface area contributed by atoms with E-state index in [9.17, 15) is 0 Å². The summed E-state index contributed by atoms with van der Waals surface area (Å²) in [5.41, 5.74) is 3.93. The van der Waals surface area contributed by atoms with E-state index in [-0.39, 0.29) is 0 Å². The fourth-order valence-corrected chi connectivity index (χ4v) is 2.13. The highest BCUT2D eigenvalue weighted by molar-refractivity contribution is 5.50. The Morgan fingerprint density at radius 3 is 1.76 bits per heavy atom. The summed E-state index contributed by atoms with van der Waals surface area (Å²) in [7, 11) is 0. The van der Waals surface area contributed by atoms with Crippen molar-refractivity contribution in [3.05, 3.63) is 42.0 Å². The normalized spacial score (nSPS) is 11.4. The van der Waals surface area contributed by atoms with E-state index in [1.165, 1.54) is 16.8 Å². The third-order valence-electron chi connectivity index (χ3n) is 3.02. The van der Waals surface area contributed by atoms with Gasteiger partial charge in [-0.1, -0.05) is 45.9 Å². The van der Waals surface area contributed by atoms with Crippen LogP contribution in [0.3, 0.4) is 0 Å². The maximum atomic E-state index is 3.91. The number of benzene rings is 1. The summed E-state index contributed by atoms with van der Waals surface area (Å²) in [6.07, 6.45) is 3.54. The standard InChI is InChI=1S/C14H19N3/c1-10(2)12-6-5-7-13(11(3)4)14(12)17-8-15-16-9-17/h5-11H,1-4H3. The topological polar surface area (TPSA) is 30.7 Å². The monoisotopic (exact) mass is 229 g/mol. The van der Waals surface area contributed by atoms with E-state index in [1.807, 2.05) is 4.57 Å². The second-order valence-corrected chi connectivity index (χ2v) is 4.96. The number of rotatable bonds is 3. The van der Waals surface area contributed by atoms with Gasteiger partial charge in [-0.2, -0.15) is 0 Å². The minimum Gasteiger partial charge on any atom is -0.288 e. The van der Waals surface area contributed by atoms with Crippen LogP contribution in [0.4, 0.5) is 0 Å².